The lowest BCUT2D eigenvalue weighted by molar-refractivity contribution is -0.0614. The minimum atomic E-state index is -4.01. The quantitative estimate of drug-likeness (QED) is 0.134. The van der Waals surface area contributed by atoms with Crippen LogP contribution in [0.2, 0.25) is 0 Å². The van der Waals surface area contributed by atoms with Gasteiger partial charge in [-0.2, -0.15) is 8.42 Å². The normalized spacial score (nSPS) is 14.7. The van der Waals surface area contributed by atoms with E-state index in [-0.39, 0.29) is 31.3 Å². The molecule has 0 aliphatic rings. The van der Waals surface area contributed by atoms with Crippen LogP contribution in [-0.2, 0) is 30.2 Å². The second kappa shape index (κ2) is 19.1. The number of hydrogen-bond donors (Lipinski definition) is 4. The SMILES string of the molecule is CCCCCCCCCCc1ccc(S(=O)(=O)OCC(O)COCC(O)COCC(O)CO)cc1. The maximum absolute atomic E-state index is 12.4. The molecule has 204 valence electrons. The Hall–Kier alpha value is -1.11. The Balaban J connectivity index is 2.24. The maximum atomic E-state index is 12.4. The molecule has 1 aromatic rings. The molecular weight excluding hydrogens is 476 g/mol. The van der Waals surface area contributed by atoms with Crippen molar-refractivity contribution in [2.75, 3.05) is 39.6 Å². The zero-order valence-corrected chi connectivity index (χ0v) is 21.7. The standard InChI is InChI=1S/C25H44O9S/c1-2-3-4-5-6-7-8-9-10-21-11-13-25(14-12-21)35(30,31)34-20-24(29)19-33-18-23(28)17-32-16-22(27)15-26/h11-14,22-24,26-29H,2-10,15-20H2,1H3. The number of rotatable bonds is 22. The first-order valence-corrected chi connectivity index (χ1v) is 14.0. The summed E-state index contributed by atoms with van der Waals surface area (Å²) < 4.78 is 39.8. The van der Waals surface area contributed by atoms with Gasteiger partial charge in [-0.15, -0.1) is 0 Å². The van der Waals surface area contributed by atoms with Crippen LogP contribution >= 0.6 is 0 Å². The van der Waals surface area contributed by atoms with Crippen LogP contribution in [0.25, 0.3) is 0 Å². The molecule has 0 aromatic heterocycles. The fourth-order valence-electron chi connectivity index (χ4n) is 3.35. The summed E-state index contributed by atoms with van der Waals surface area (Å²) in [5, 5.41) is 37.4. The Bertz CT molecular complexity index is 740. The predicted octanol–water partition coefficient (Wildman–Crippen LogP) is 2.18. The zero-order valence-electron chi connectivity index (χ0n) is 20.9. The van der Waals surface area contributed by atoms with Crippen molar-refractivity contribution in [3.8, 4) is 0 Å². The topological polar surface area (TPSA) is 143 Å². The molecule has 4 N–H and O–H groups in total. The molecule has 0 aliphatic heterocycles. The third-order valence-corrected chi connectivity index (χ3v) is 6.69. The molecule has 0 saturated heterocycles. The second-order valence-corrected chi connectivity index (χ2v) is 10.4. The summed E-state index contributed by atoms with van der Waals surface area (Å²) in [6, 6.07) is 6.62. The molecule has 0 heterocycles. The molecule has 1 aromatic carbocycles. The van der Waals surface area contributed by atoms with Gasteiger partial charge in [0.25, 0.3) is 10.1 Å². The van der Waals surface area contributed by atoms with E-state index in [2.05, 4.69) is 6.92 Å². The van der Waals surface area contributed by atoms with E-state index in [0.717, 1.165) is 18.4 Å². The van der Waals surface area contributed by atoms with Crippen molar-refractivity contribution in [2.24, 2.45) is 0 Å². The molecule has 0 aliphatic carbocycles. The maximum Gasteiger partial charge on any atom is 0.297 e. The fourth-order valence-corrected chi connectivity index (χ4v) is 4.29. The average molecular weight is 521 g/mol. The summed E-state index contributed by atoms with van der Waals surface area (Å²) >= 11 is 0. The Morgan fingerprint density at radius 3 is 1.74 bits per heavy atom. The van der Waals surface area contributed by atoms with Gasteiger partial charge in [-0.3, -0.25) is 4.18 Å². The molecule has 0 bridgehead atoms. The van der Waals surface area contributed by atoms with E-state index in [4.69, 9.17) is 23.9 Å². The van der Waals surface area contributed by atoms with Gasteiger partial charge in [-0.25, -0.2) is 0 Å². The summed E-state index contributed by atoms with van der Waals surface area (Å²) in [6.07, 6.45) is 7.64. The largest absolute Gasteiger partial charge is 0.394 e. The molecule has 0 amide bonds. The third kappa shape index (κ3) is 15.6. The highest BCUT2D eigenvalue weighted by Gasteiger charge is 2.18. The molecule has 0 fully saturated rings. The molecule has 9 nitrogen and oxygen atoms in total. The number of hydrogen-bond acceptors (Lipinski definition) is 9. The lowest BCUT2D eigenvalue weighted by Gasteiger charge is -2.15. The highest BCUT2D eigenvalue weighted by atomic mass is 32.2. The summed E-state index contributed by atoms with van der Waals surface area (Å²) in [7, 11) is -4.01. The Morgan fingerprint density at radius 1 is 0.714 bits per heavy atom. The number of aryl methyl sites for hydroxylation is 1. The first-order chi connectivity index (χ1) is 16.8. The van der Waals surface area contributed by atoms with Gasteiger partial charge in [0.2, 0.25) is 0 Å². The Morgan fingerprint density at radius 2 is 1.20 bits per heavy atom. The van der Waals surface area contributed by atoms with Crippen molar-refractivity contribution in [3.63, 3.8) is 0 Å². The molecule has 0 saturated carbocycles. The molecule has 35 heavy (non-hydrogen) atoms. The monoisotopic (exact) mass is 520 g/mol. The van der Waals surface area contributed by atoms with E-state index in [1.54, 1.807) is 12.1 Å². The summed E-state index contributed by atoms with van der Waals surface area (Å²) in [5.41, 5.74) is 1.08. The number of aliphatic hydroxyl groups is 4. The van der Waals surface area contributed by atoms with Crippen LogP contribution in [0.5, 0.6) is 0 Å². The average Bonchev–Trinajstić information content (AvgIpc) is 2.84. The van der Waals surface area contributed by atoms with Crippen LogP contribution in [0.15, 0.2) is 29.2 Å². The van der Waals surface area contributed by atoms with Gasteiger partial charge in [0.1, 0.15) is 18.3 Å². The number of benzene rings is 1. The zero-order chi connectivity index (χ0) is 25.9. The smallest absolute Gasteiger partial charge is 0.297 e. The van der Waals surface area contributed by atoms with Gasteiger partial charge in [0.05, 0.1) is 44.5 Å². The van der Waals surface area contributed by atoms with Gasteiger partial charge >= 0.3 is 0 Å². The van der Waals surface area contributed by atoms with E-state index in [9.17, 15) is 18.6 Å². The summed E-state index contributed by atoms with van der Waals surface area (Å²) in [4.78, 5) is 0.0305. The van der Waals surface area contributed by atoms with Crippen molar-refractivity contribution in [1.82, 2.24) is 0 Å². The molecular formula is C25H44O9S. The molecule has 3 unspecified atom stereocenters. The van der Waals surface area contributed by atoms with Crippen molar-refractivity contribution in [3.05, 3.63) is 29.8 Å². The van der Waals surface area contributed by atoms with Gasteiger partial charge < -0.3 is 29.9 Å². The lowest BCUT2D eigenvalue weighted by Crippen LogP contribution is -2.29. The van der Waals surface area contributed by atoms with E-state index in [0.29, 0.717) is 0 Å². The predicted molar refractivity (Wildman–Crippen MR) is 133 cm³/mol. The van der Waals surface area contributed by atoms with Crippen molar-refractivity contribution >= 4 is 10.1 Å². The van der Waals surface area contributed by atoms with Gasteiger partial charge in [-0.1, -0.05) is 64.0 Å². The molecule has 3 atom stereocenters. The summed E-state index contributed by atoms with van der Waals surface area (Å²) in [5.74, 6) is 0. The lowest BCUT2D eigenvalue weighted by atomic mass is 10.0. The Kier molecular flexibility index (Phi) is 17.4. The van der Waals surface area contributed by atoms with Crippen LogP contribution in [0, 0.1) is 0 Å². The van der Waals surface area contributed by atoms with Crippen molar-refractivity contribution in [1.29, 1.82) is 0 Å². The van der Waals surface area contributed by atoms with Crippen LogP contribution < -0.4 is 0 Å². The minimum Gasteiger partial charge on any atom is -0.394 e. The van der Waals surface area contributed by atoms with Gasteiger partial charge in [0, 0.05) is 0 Å². The third-order valence-electron chi connectivity index (χ3n) is 5.40. The van der Waals surface area contributed by atoms with Gasteiger partial charge in [-0.05, 0) is 30.5 Å². The fraction of sp³-hybridized carbons (Fsp3) is 0.760. The number of ether oxygens (including phenoxy) is 2. The first kappa shape index (κ1) is 31.9. The minimum absolute atomic E-state index is 0.0305. The number of aliphatic hydroxyl groups excluding tert-OH is 4. The van der Waals surface area contributed by atoms with Crippen LogP contribution in [0.1, 0.15) is 63.9 Å². The van der Waals surface area contributed by atoms with Crippen LogP contribution in [0.3, 0.4) is 0 Å². The van der Waals surface area contributed by atoms with Crippen LogP contribution in [0.4, 0.5) is 0 Å². The molecule has 1 rings (SSSR count). The molecule has 0 radical (unpaired) electrons. The first-order valence-electron chi connectivity index (χ1n) is 12.6. The van der Waals surface area contributed by atoms with E-state index in [1.807, 2.05) is 0 Å². The van der Waals surface area contributed by atoms with Crippen molar-refractivity contribution in [2.45, 2.75) is 87.9 Å². The van der Waals surface area contributed by atoms with Crippen molar-refractivity contribution < 1.29 is 42.5 Å². The van der Waals surface area contributed by atoms with E-state index >= 15 is 0 Å². The molecule has 0 spiro atoms. The summed E-state index contributed by atoms with van der Waals surface area (Å²) in [6.45, 7) is 0.674. The van der Waals surface area contributed by atoms with E-state index < -0.39 is 41.6 Å². The van der Waals surface area contributed by atoms with E-state index in [1.165, 1.54) is 57.1 Å². The highest BCUT2D eigenvalue weighted by Crippen LogP contribution is 2.16. The highest BCUT2D eigenvalue weighted by molar-refractivity contribution is 7.86. The van der Waals surface area contributed by atoms with Crippen LogP contribution in [-0.4, -0.2) is 86.8 Å². The Labute approximate surface area is 210 Å². The van der Waals surface area contributed by atoms with Gasteiger partial charge in [0.15, 0.2) is 0 Å². The second-order valence-electron chi connectivity index (χ2n) is 8.83. The number of unbranched alkanes of at least 4 members (excludes halogenated alkanes) is 7. The molecule has 10 heteroatoms.